The van der Waals surface area contributed by atoms with E-state index in [2.05, 4.69) is 10.2 Å². The summed E-state index contributed by atoms with van der Waals surface area (Å²) < 4.78 is 39.4. The number of hydrogen-bond acceptors (Lipinski definition) is 4. The van der Waals surface area contributed by atoms with Crippen molar-refractivity contribution in [1.29, 1.82) is 0 Å². The quantitative estimate of drug-likeness (QED) is 0.716. The Balaban J connectivity index is 1.47. The van der Waals surface area contributed by atoms with Crippen molar-refractivity contribution in [2.75, 3.05) is 45.1 Å². The molecule has 1 unspecified atom stereocenters. The predicted molar refractivity (Wildman–Crippen MR) is 117 cm³/mol. The van der Waals surface area contributed by atoms with Crippen LogP contribution in [-0.4, -0.2) is 78.4 Å². The molecule has 9 heteroatoms. The number of hydrogen-bond donors (Lipinski definition) is 1. The smallest absolute Gasteiger partial charge is 0.341 e. The van der Waals surface area contributed by atoms with Crippen molar-refractivity contribution in [1.82, 2.24) is 14.7 Å². The molecule has 2 amide bonds. The first-order chi connectivity index (χ1) is 15.2. The monoisotopic (exact) mass is 454 g/mol. The molecule has 3 rings (SSSR count). The molecule has 1 saturated heterocycles. The fourth-order valence-electron chi connectivity index (χ4n) is 4.64. The van der Waals surface area contributed by atoms with Crippen molar-refractivity contribution >= 4 is 17.5 Å². The summed E-state index contributed by atoms with van der Waals surface area (Å²) in [6.07, 6.45) is 1.19. The lowest BCUT2D eigenvalue weighted by Gasteiger charge is -2.40. The second-order valence-corrected chi connectivity index (χ2v) is 8.82. The van der Waals surface area contributed by atoms with Crippen LogP contribution in [0.5, 0.6) is 0 Å². The molecule has 1 aliphatic carbocycles. The molecular weight excluding hydrogens is 421 g/mol. The summed E-state index contributed by atoms with van der Waals surface area (Å²) in [6, 6.07) is 5.07. The number of carbonyl (C=O) groups excluding carboxylic acids is 2. The molecule has 32 heavy (non-hydrogen) atoms. The van der Waals surface area contributed by atoms with E-state index in [0.717, 1.165) is 18.9 Å². The number of likely N-dealkylation sites (N-methyl/N-ethyl adjacent to an activating group) is 1. The van der Waals surface area contributed by atoms with Crippen LogP contribution in [-0.2, 0) is 15.8 Å². The first-order valence-corrected chi connectivity index (χ1v) is 11.4. The van der Waals surface area contributed by atoms with Crippen LogP contribution in [0.1, 0.15) is 44.6 Å². The Morgan fingerprint density at radius 3 is 2.34 bits per heavy atom. The number of amides is 2. The molecule has 1 aromatic rings. The van der Waals surface area contributed by atoms with Gasteiger partial charge in [0.2, 0.25) is 11.8 Å². The van der Waals surface area contributed by atoms with Crippen LogP contribution in [0.2, 0.25) is 0 Å². The van der Waals surface area contributed by atoms with Crippen LogP contribution >= 0.6 is 0 Å². The van der Waals surface area contributed by atoms with E-state index in [1.807, 2.05) is 23.8 Å². The number of halogens is 3. The molecule has 2 fully saturated rings. The maximum absolute atomic E-state index is 13.1. The Bertz CT molecular complexity index is 788. The standard InChI is InChI=1S/C23H33F3N4O2/c1-17(22(32)28(2)18-8-4-3-5-9-18)30-14-12-29(13-15-30)16-21(31)27-20-11-7-6-10-19(20)23(24,25)26/h6-7,10-11,17-18H,3-5,8-9,12-16H2,1-2H3,(H,27,31). The topological polar surface area (TPSA) is 55.9 Å². The minimum Gasteiger partial charge on any atom is -0.341 e. The number of carbonyl (C=O) groups is 2. The van der Waals surface area contributed by atoms with Crippen LogP contribution in [0.15, 0.2) is 24.3 Å². The zero-order chi connectivity index (χ0) is 23.3. The number of piperazine rings is 1. The Kier molecular flexibility index (Phi) is 8.16. The van der Waals surface area contributed by atoms with Gasteiger partial charge in [0.15, 0.2) is 0 Å². The largest absolute Gasteiger partial charge is 0.418 e. The maximum atomic E-state index is 13.1. The van der Waals surface area contributed by atoms with E-state index in [0.29, 0.717) is 32.2 Å². The Morgan fingerprint density at radius 1 is 1.09 bits per heavy atom. The number of para-hydroxylation sites is 1. The van der Waals surface area contributed by atoms with Gasteiger partial charge in [0, 0.05) is 39.3 Å². The molecule has 0 bridgehead atoms. The Hall–Kier alpha value is -2.13. The average Bonchev–Trinajstić information content (AvgIpc) is 2.78. The molecule has 0 radical (unpaired) electrons. The van der Waals surface area contributed by atoms with Gasteiger partial charge in [0.1, 0.15) is 0 Å². The Morgan fingerprint density at radius 2 is 1.72 bits per heavy atom. The molecule has 1 heterocycles. The maximum Gasteiger partial charge on any atom is 0.418 e. The molecule has 1 atom stereocenters. The van der Waals surface area contributed by atoms with Crippen molar-refractivity contribution < 1.29 is 22.8 Å². The lowest BCUT2D eigenvalue weighted by Crippen LogP contribution is -2.56. The van der Waals surface area contributed by atoms with Gasteiger partial charge < -0.3 is 10.2 Å². The van der Waals surface area contributed by atoms with Gasteiger partial charge in [-0.25, -0.2) is 0 Å². The predicted octanol–water partition coefficient (Wildman–Crippen LogP) is 3.44. The SMILES string of the molecule is CC(C(=O)N(C)C1CCCCC1)N1CCN(CC(=O)Nc2ccccc2C(F)(F)F)CC1. The van der Waals surface area contributed by atoms with E-state index >= 15 is 0 Å². The van der Waals surface area contributed by atoms with Crippen LogP contribution in [0.25, 0.3) is 0 Å². The molecule has 6 nitrogen and oxygen atoms in total. The van der Waals surface area contributed by atoms with E-state index in [4.69, 9.17) is 0 Å². The van der Waals surface area contributed by atoms with Gasteiger partial charge in [-0.2, -0.15) is 13.2 Å². The van der Waals surface area contributed by atoms with Crippen LogP contribution in [0, 0.1) is 0 Å². The lowest BCUT2D eigenvalue weighted by atomic mass is 9.94. The summed E-state index contributed by atoms with van der Waals surface area (Å²) in [4.78, 5) is 31.2. The van der Waals surface area contributed by atoms with E-state index in [-0.39, 0.29) is 24.2 Å². The molecule has 1 saturated carbocycles. The third kappa shape index (κ3) is 6.22. The summed E-state index contributed by atoms with van der Waals surface area (Å²) in [6.45, 7) is 4.39. The zero-order valence-corrected chi connectivity index (χ0v) is 18.8. The summed E-state index contributed by atoms with van der Waals surface area (Å²) in [5.41, 5.74) is -1.08. The van der Waals surface area contributed by atoms with Crippen molar-refractivity contribution in [3.05, 3.63) is 29.8 Å². The van der Waals surface area contributed by atoms with Gasteiger partial charge in [-0.05, 0) is 31.9 Å². The average molecular weight is 455 g/mol. The van der Waals surface area contributed by atoms with E-state index in [9.17, 15) is 22.8 Å². The van der Waals surface area contributed by atoms with Gasteiger partial charge in [-0.1, -0.05) is 31.4 Å². The number of nitrogens with one attached hydrogen (secondary N) is 1. The number of anilines is 1. The fourth-order valence-corrected chi connectivity index (χ4v) is 4.64. The number of alkyl halides is 3. The molecule has 0 spiro atoms. The molecule has 1 N–H and O–H groups in total. The number of nitrogens with zero attached hydrogens (tertiary/aromatic N) is 3. The fraction of sp³-hybridized carbons (Fsp3) is 0.652. The molecule has 1 aromatic carbocycles. The third-order valence-corrected chi connectivity index (χ3v) is 6.66. The van der Waals surface area contributed by atoms with Gasteiger partial charge in [0.25, 0.3) is 0 Å². The molecular formula is C23H33F3N4O2. The van der Waals surface area contributed by atoms with Crippen LogP contribution in [0.4, 0.5) is 18.9 Å². The van der Waals surface area contributed by atoms with Crippen LogP contribution in [0.3, 0.4) is 0 Å². The normalized spacial score (nSPS) is 20.0. The molecule has 0 aromatic heterocycles. The van der Waals surface area contributed by atoms with Crippen molar-refractivity contribution in [2.24, 2.45) is 0 Å². The highest BCUT2D eigenvalue weighted by atomic mass is 19.4. The lowest BCUT2D eigenvalue weighted by molar-refractivity contribution is -0.139. The minimum absolute atomic E-state index is 0.0182. The molecule has 1 aliphatic heterocycles. The summed E-state index contributed by atoms with van der Waals surface area (Å²) in [7, 11) is 1.90. The highest BCUT2D eigenvalue weighted by Gasteiger charge is 2.34. The van der Waals surface area contributed by atoms with E-state index in [1.54, 1.807) is 0 Å². The van der Waals surface area contributed by atoms with Crippen molar-refractivity contribution in [2.45, 2.75) is 57.3 Å². The second kappa shape index (κ2) is 10.7. The summed E-state index contributed by atoms with van der Waals surface area (Å²) in [5, 5.41) is 2.39. The number of rotatable bonds is 6. The summed E-state index contributed by atoms with van der Waals surface area (Å²) >= 11 is 0. The van der Waals surface area contributed by atoms with Gasteiger partial charge in [-0.3, -0.25) is 19.4 Å². The summed E-state index contributed by atoms with van der Waals surface area (Å²) in [5.74, 6) is -0.344. The zero-order valence-electron chi connectivity index (χ0n) is 18.8. The second-order valence-electron chi connectivity index (χ2n) is 8.82. The van der Waals surface area contributed by atoms with Gasteiger partial charge in [0.05, 0.1) is 23.8 Å². The highest BCUT2D eigenvalue weighted by molar-refractivity contribution is 5.93. The first kappa shape index (κ1) is 24.5. The van der Waals surface area contributed by atoms with Gasteiger partial charge >= 0.3 is 6.18 Å². The van der Waals surface area contributed by atoms with E-state index in [1.165, 1.54) is 37.5 Å². The molecule has 2 aliphatic rings. The van der Waals surface area contributed by atoms with Crippen molar-refractivity contribution in [3.63, 3.8) is 0 Å². The molecule has 178 valence electrons. The Labute approximate surface area is 187 Å². The van der Waals surface area contributed by atoms with Gasteiger partial charge in [-0.15, -0.1) is 0 Å². The third-order valence-electron chi connectivity index (χ3n) is 6.66. The number of benzene rings is 1. The minimum atomic E-state index is -4.52. The van der Waals surface area contributed by atoms with E-state index < -0.39 is 17.6 Å². The highest BCUT2D eigenvalue weighted by Crippen LogP contribution is 2.34. The van der Waals surface area contributed by atoms with Crippen molar-refractivity contribution in [3.8, 4) is 0 Å². The van der Waals surface area contributed by atoms with Crippen LogP contribution < -0.4 is 5.32 Å². The first-order valence-electron chi connectivity index (χ1n) is 11.4.